The highest BCUT2D eigenvalue weighted by Gasteiger charge is 2.55. The second-order valence-electron chi connectivity index (χ2n) is 10.9. The zero-order chi connectivity index (χ0) is 24.6. The first-order valence-electron chi connectivity index (χ1n) is 12.3. The lowest BCUT2D eigenvalue weighted by Gasteiger charge is -2.57. The van der Waals surface area contributed by atoms with Gasteiger partial charge in [-0.3, -0.25) is 4.98 Å². The van der Waals surface area contributed by atoms with Crippen molar-refractivity contribution in [3.05, 3.63) is 59.4 Å². The van der Waals surface area contributed by atoms with E-state index < -0.39 is 5.60 Å². The number of hydrogen-bond donors (Lipinski definition) is 0. The molecule has 0 radical (unpaired) electrons. The molecule has 1 spiro atoms. The average molecular weight is 480 g/mol. The van der Waals surface area contributed by atoms with Crippen LogP contribution in [0, 0.1) is 5.41 Å². The molecular formula is C27H33N3O5. The van der Waals surface area contributed by atoms with Crippen molar-refractivity contribution in [2.45, 2.75) is 64.9 Å². The van der Waals surface area contributed by atoms with Crippen molar-refractivity contribution in [3.63, 3.8) is 0 Å². The van der Waals surface area contributed by atoms with Gasteiger partial charge < -0.3 is 24.0 Å². The van der Waals surface area contributed by atoms with Crippen molar-refractivity contribution in [1.29, 1.82) is 0 Å². The van der Waals surface area contributed by atoms with Gasteiger partial charge in [0.15, 0.2) is 0 Å². The highest BCUT2D eigenvalue weighted by Crippen LogP contribution is 2.50. The quantitative estimate of drug-likeness (QED) is 0.640. The molecule has 8 nitrogen and oxygen atoms in total. The molecule has 8 heteroatoms. The molecule has 1 aliphatic carbocycles. The van der Waals surface area contributed by atoms with E-state index in [1.54, 1.807) is 16.0 Å². The maximum Gasteiger partial charge on any atom is 0.410 e. The Kier molecular flexibility index (Phi) is 6.07. The molecule has 0 atom stereocenters. The summed E-state index contributed by atoms with van der Waals surface area (Å²) in [6.07, 6.45) is 3.86. The summed E-state index contributed by atoms with van der Waals surface area (Å²) < 4.78 is 17.3. The molecule has 2 fully saturated rings. The van der Waals surface area contributed by atoms with Gasteiger partial charge in [-0.15, -0.1) is 0 Å². The summed E-state index contributed by atoms with van der Waals surface area (Å²) in [6.45, 7) is 8.36. The number of carbonyl (C=O) groups is 2. The summed E-state index contributed by atoms with van der Waals surface area (Å²) in [5.74, 6) is 0.858. The molecule has 1 saturated carbocycles. The Hall–Kier alpha value is -3.29. The maximum absolute atomic E-state index is 12.4. The Morgan fingerprint density at radius 2 is 1.80 bits per heavy atom. The number of pyridine rings is 1. The lowest BCUT2D eigenvalue weighted by atomic mass is 9.62. The first kappa shape index (κ1) is 23.5. The number of aromatic nitrogens is 1. The van der Waals surface area contributed by atoms with E-state index in [1.165, 1.54) is 0 Å². The van der Waals surface area contributed by atoms with E-state index in [-0.39, 0.29) is 23.7 Å². The van der Waals surface area contributed by atoms with Gasteiger partial charge in [-0.1, -0.05) is 30.3 Å². The van der Waals surface area contributed by atoms with Gasteiger partial charge in [-0.25, -0.2) is 9.59 Å². The molecule has 3 heterocycles. The van der Waals surface area contributed by atoms with Gasteiger partial charge in [0.05, 0.1) is 12.2 Å². The molecule has 1 aromatic heterocycles. The number of nitrogens with zero attached hydrogens (tertiary/aromatic N) is 3. The minimum absolute atomic E-state index is 0.132. The molecular weight excluding hydrogens is 446 g/mol. The van der Waals surface area contributed by atoms with E-state index in [2.05, 4.69) is 4.98 Å². The molecule has 5 rings (SSSR count). The zero-order valence-electron chi connectivity index (χ0n) is 20.7. The molecule has 3 aliphatic rings. The Balaban J connectivity index is 1.09. The van der Waals surface area contributed by atoms with Crippen LogP contribution in [0.5, 0.6) is 5.75 Å². The van der Waals surface area contributed by atoms with Crippen molar-refractivity contribution < 1.29 is 23.8 Å². The van der Waals surface area contributed by atoms with Crippen molar-refractivity contribution in [1.82, 2.24) is 14.8 Å². The predicted octanol–water partition coefficient (Wildman–Crippen LogP) is 4.55. The van der Waals surface area contributed by atoms with Crippen LogP contribution in [0.3, 0.4) is 0 Å². The first-order chi connectivity index (χ1) is 16.7. The van der Waals surface area contributed by atoms with Gasteiger partial charge in [0.1, 0.15) is 24.1 Å². The van der Waals surface area contributed by atoms with Crippen LogP contribution >= 0.6 is 0 Å². The standard InChI is InChI=1S/C27H33N3O5/c1-26(2,3)35-25(32)29-12-10-21-22(15-29)28-11-9-23(21)34-20-13-27(14-20)17-30(18-27)24(31)33-16-19-7-5-4-6-8-19/h4-9,11,20H,10,12-18H2,1-3H3. The number of rotatable bonds is 4. The molecule has 2 aliphatic heterocycles. The summed E-state index contributed by atoms with van der Waals surface area (Å²) in [6, 6.07) is 11.6. The number of hydrogen-bond acceptors (Lipinski definition) is 6. The fraction of sp³-hybridized carbons (Fsp3) is 0.519. The summed E-state index contributed by atoms with van der Waals surface area (Å²) >= 11 is 0. The van der Waals surface area contributed by atoms with Crippen LogP contribution in [0.2, 0.25) is 0 Å². The van der Waals surface area contributed by atoms with Gasteiger partial charge in [0.25, 0.3) is 0 Å². The van der Waals surface area contributed by atoms with Crippen molar-refractivity contribution in [2.75, 3.05) is 19.6 Å². The Labute approximate surface area is 206 Å². The molecule has 2 aromatic rings. The number of carbonyl (C=O) groups excluding carboxylic acids is 2. The van der Waals surface area contributed by atoms with Crippen molar-refractivity contribution in [2.24, 2.45) is 5.41 Å². The van der Waals surface area contributed by atoms with Gasteiger partial charge in [-0.05, 0) is 51.7 Å². The van der Waals surface area contributed by atoms with Crippen LogP contribution in [0.25, 0.3) is 0 Å². The van der Waals surface area contributed by atoms with E-state index in [0.29, 0.717) is 26.1 Å². The largest absolute Gasteiger partial charge is 0.490 e. The van der Waals surface area contributed by atoms with E-state index in [0.717, 1.165) is 48.5 Å². The third kappa shape index (κ3) is 5.21. The molecule has 0 N–H and O–H groups in total. The predicted molar refractivity (Wildman–Crippen MR) is 129 cm³/mol. The van der Waals surface area contributed by atoms with Gasteiger partial charge in [-0.2, -0.15) is 0 Å². The Morgan fingerprint density at radius 3 is 2.51 bits per heavy atom. The highest BCUT2D eigenvalue weighted by atomic mass is 16.6. The lowest BCUT2D eigenvalue weighted by molar-refractivity contribution is -0.110. The maximum atomic E-state index is 12.4. The number of benzene rings is 1. The van der Waals surface area contributed by atoms with E-state index in [1.807, 2.05) is 57.2 Å². The van der Waals surface area contributed by atoms with Crippen LogP contribution in [0.15, 0.2) is 42.6 Å². The van der Waals surface area contributed by atoms with Gasteiger partial charge in [0.2, 0.25) is 0 Å². The Morgan fingerprint density at radius 1 is 1.06 bits per heavy atom. The number of fused-ring (bicyclic) bond motifs is 1. The minimum atomic E-state index is -0.522. The second-order valence-corrected chi connectivity index (χ2v) is 10.9. The SMILES string of the molecule is CC(C)(C)OC(=O)N1CCc2c(OC3CC4(C3)CN(C(=O)OCc3ccccc3)C4)ccnc2C1. The van der Waals surface area contributed by atoms with Crippen LogP contribution in [-0.4, -0.2) is 58.3 Å². The highest BCUT2D eigenvalue weighted by molar-refractivity contribution is 5.69. The number of ether oxygens (including phenoxy) is 3. The van der Waals surface area contributed by atoms with E-state index >= 15 is 0 Å². The first-order valence-corrected chi connectivity index (χ1v) is 12.3. The van der Waals surface area contributed by atoms with Crippen LogP contribution < -0.4 is 4.74 Å². The van der Waals surface area contributed by atoms with Crippen molar-refractivity contribution >= 4 is 12.2 Å². The molecule has 1 saturated heterocycles. The summed E-state index contributed by atoms with van der Waals surface area (Å²) in [4.78, 5) is 32.8. The third-order valence-electron chi connectivity index (χ3n) is 6.86. The average Bonchev–Trinajstić information content (AvgIpc) is 2.77. The molecule has 35 heavy (non-hydrogen) atoms. The molecule has 2 amide bonds. The molecule has 0 unspecified atom stereocenters. The number of amides is 2. The third-order valence-corrected chi connectivity index (χ3v) is 6.86. The fourth-order valence-corrected chi connectivity index (χ4v) is 5.15. The van der Waals surface area contributed by atoms with E-state index in [9.17, 15) is 9.59 Å². The normalized spacial score (nSPS) is 18.8. The lowest BCUT2D eigenvalue weighted by Crippen LogP contribution is -2.65. The van der Waals surface area contributed by atoms with E-state index in [4.69, 9.17) is 14.2 Å². The summed E-state index contributed by atoms with van der Waals surface area (Å²) in [5, 5.41) is 0. The van der Waals surface area contributed by atoms with Gasteiger partial charge in [0, 0.05) is 36.8 Å². The monoisotopic (exact) mass is 479 g/mol. The minimum Gasteiger partial charge on any atom is -0.490 e. The summed E-state index contributed by atoms with van der Waals surface area (Å²) in [7, 11) is 0. The molecule has 1 aromatic carbocycles. The number of likely N-dealkylation sites (tertiary alicyclic amines) is 1. The second kappa shape index (κ2) is 9.06. The fourth-order valence-electron chi connectivity index (χ4n) is 5.15. The summed E-state index contributed by atoms with van der Waals surface area (Å²) in [5.41, 5.74) is 2.56. The van der Waals surface area contributed by atoms with Crippen molar-refractivity contribution in [3.8, 4) is 5.75 Å². The Bertz CT molecular complexity index is 1080. The van der Waals surface area contributed by atoms with Crippen LogP contribution in [-0.2, 0) is 29.0 Å². The molecule has 186 valence electrons. The zero-order valence-corrected chi connectivity index (χ0v) is 20.7. The topological polar surface area (TPSA) is 81.2 Å². The van der Waals surface area contributed by atoms with Gasteiger partial charge >= 0.3 is 12.2 Å². The van der Waals surface area contributed by atoms with Crippen LogP contribution in [0.1, 0.15) is 50.4 Å². The smallest absolute Gasteiger partial charge is 0.410 e. The van der Waals surface area contributed by atoms with Crippen LogP contribution in [0.4, 0.5) is 9.59 Å². The molecule has 0 bridgehead atoms.